The number of hydrogen-bond donors (Lipinski definition) is 1. The van der Waals surface area contributed by atoms with E-state index in [2.05, 4.69) is 20.1 Å². The molecule has 36 heavy (non-hydrogen) atoms. The van der Waals surface area contributed by atoms with Crippen LogP contribution >= 0.6 is 0 Å². The molecule has 9 nitrogen and oxygen atoms in total. The number of piperidine rings is 1. The number of ether oxygens (including phenoxy) is 2. The number of likely N-dealkylation sites (tertiary alicyclic amines) is 1. The first kappa shape index (κ1) is 25.3. The van der Waals surface area contributed by atoms with E-state index >= 15 is 0 Å². The molecule has 4 rings (SSSR count). The lowest BCUT2D eigenvalue weighted by atomic mass is 10.0. The Bertz CT molecular complexity index is 1270. The van der Waals surface area contributed by atoms with E-state index in [0.29, 0.717) is 24.2 Å². The number of pyridine rings is 1. The molecule has 12 heteroatoms. The zero-order valence-corrected chi connectivity index (χ0v) is 20.0. The summed E-state index contributed by atoms with van der Waals surface area (Å²) in [5.74, 6) is -0.787. The van der Waals surface area contributed by atoms with Crippen molar-refractivity contribution in [2.45, 2.75) is 58.0 Å². The molecule has 0 unspecified atom stereocenters. The van der Waals surface area contributed by atoms with Crippen LogP contribution in [0.4, 0.5) is 23.9 Å². The molecule has 0 aliphatic carbocycles. The molecule has 1 aromatic carbocycles. The van der Waals surface area contributed by atoms with Crippen LogP contribution in [0, 0.1) is 0 Å². The Hall–Kier alpha value is -3.83. The Kier molecular flexibility index (Phi) is 6.79. The largest absolute Gasteiger partial charge is 0.573 e. The second-order valence-electron chi connectivity index (χ2n) is 9.37. The smallest absolute Gasteiger partial charge is 0.444 e. The summed E-state index contributed by atoms with van der Waals surface area (Å²) in [4.78, 5) is 31.3. The summed E-state index contributed by atoms with van der Waals surface area (Å²) >= 11 is 0. The number of alkyl halides is 3. The van der Waals surface area contributed by atoms with Gasteiger partial charge in [0.25, 0.3) is 0 Å². The first-order valence-corrected chi connectivity index (χ1v) is 11.4. The molecule has 0 saturated carbocycles. The fourth-order valence-corrected chi connectivity index (χ4v) is 3.95. The Balaban J connectivity index is 1.54. The summed E-state index contributed by atoms with van der Waals surface area (Å²) in [5.41, 5.74) is 0.303. The van der Waals surface area contributed by atoms with E-state index in [1.807, 2.05) is 0 Å². The van der Waals surface area contributed by atoms with Crippen LogP contribution in [-0.4, -0.2) is 56.0 Å². The summed E-state index contributed by atoms with van der Waals surface area (Å²) in [6.07, 6.45) is -1.90. The first-order valence-electron chi connectivity index (χ1n) is 11.4. The van der Waals surface area contributed by atoms with E-state index in [1.54, 1.807) is 39.0 Å². The van der Waals surface area contributed by atoms with Crippen LogP contribution in [0.15, 0.2) is 42.6 Å². The van der Waals surface area contributed by atoms with Crippen LogP contribution in [0.2, 0.25) is 0 Å². The molecule has 1 saturated heterocycles. The highest BCUT2D eigenvalue weighted by Gasteiger charge is 2.35. The normalized spacial score (nSPS) is 16.6. The van der Waals surface area contributed by atoms with Gasteiger partial charge >= 0.3 is 12.5 Å². The van der Waals surface area contributed by atoms with Crippen LogP contribution in [0.3, 0.4) is 0 Å². The van der Waals surface area contributed by atoms with Crippen molar-refractivity contribution in [1.82, 2.24) is 19.5 Å². The molecule has 2 aromatic heterocycles. The topological polar surface area (TPSA) is 98.1 Å². The molecule has 3 aromatic rings. The first-order chi connectivity index (χ1) is 16.9. The van der Waals surface area contributed by atoms with Gasteiger partial charge in [-0.3, -0.25) is 15.0 Å². The Morgan fingerprint density at radius 3 is 2.56 bits per heavy atom. The summed E-state index contributed by atoms with van der Waals surface area (Å²) in [6, 6.07) is 8.17. The quantitative estimate of drug-likeness (QED) is 0.535. The molecule has 1 aliphatic heterocycles. The van der Waals surface area contributed by atoms with Crippen LogP contribution < -0.4 is 10.1 Å². The SMILES string of the molecule is CC(C)(C)OC(=O)N1CCCC[C@@H]1C(=O)Nc1nc2ccc(-c3ccccc3OC(F)(F)F)cn2n1. The minimum absolute atomic E-state index is 0.00619. The lowest BCUT2D eigenvalue weighted by molar-refractivity contribution is -0.274. The van der Waals surface area contributed by atoms with Crippen molar-refractivity contribution in [3.63, 3.8) is 0 Å². The van der Waals surface area contributed by atoms with Gasteiger partial charge in [-0.05, 0) is 58.2 Å². The number of nitrogens with one attached hydrogen (secondary N) is 1. The predicted octanol–water partition coefficient (Wildman–Crippen LogP) is 5.02. The standard InChI is InChI=1S/C24H26F3N5O4/c1-23(2,3)36-22(34)31-13-7-6-9-17(31)20(33)29-21-28-19-12-11-15(14-32(19)30-21)16-8-4-5-10-18(16)35-24(25,26)27/h4-5,8,10-12,14,17H,6-7,9,13H2,1-3H3,(H,29,30,33)/t17-/m1/s1. The van der Waals surface area contributed by atoms with Gasteiger partial charge in [-0.25, -0.2) is 9.31 Å². The maximum Gasteiger partial charge on any atom is 0.573 e. The summed E-state index contributed by atoms with van der Waals surface area (Å²) < 4.78 is 49.3. The fraction of sp³-hybridized carbons (Fsp3) is 0.417. The van der Waals surface area contributed by atoms with Gasteiger partial charge in [0.2, 0.25) is 11.9 Å². The maximum absolute atomic E-state index is 13.0. The van der Waals surface area contributed by atoms with Crippen molar-refractivity contribution in [2.24, 2.45) is 0 Å². The van der Waals surface area contributed by atoms with Crippen molar-refractivity contribution in [3.8, 4) is 16.9 Å². The molecule has 0 spiro atoms. The number of anilines is 1. The summed E-state index contributed by atoms with van der Waals surface area (Å²) in [7, 11) is 0. The van der Waals surface area contributed by atoms with Gasteiger partial charge in [-0.1, -0.05) is 18.2 Å². The van der Waals surface area contributed by atoms with Crippen LogP contribution in [-0.2, 0) is 9.53 Å². The maximum atomic E-state index is 13.0. The zero-order chi connectivity index (χ0) is 26.1. The third kappa shape index (κ3) is 6.04. The monoisotopic (exact) mass is 505 g/mol. The number of nitrogens with zero attached hydrogens (tertiary/aromatic N) is 4. The highest BCUT2D eigenvalue weighted by molar-refractivity contribution is 5.95. The average Bonchev–Trinajstić information content (AvgIpc) is 3.18. The van der Waals surface area contributed by atoms with Gasteiger partial charge in [0.15, 0.2) is 5.65 Å². The number of hydrogen-bond acceptors (Lipinski definition) is 6. The molecule has 0 bridgehead atoms. The Morgan fingerprint density at radius 1 is 1.08 bits per heavy atom. The van der Waals surface area contributed by atoms with Gasteiger partial charge in [0.05, 0.1) is 0 Å². The second-order valence-corrected chi connectivity index (χ2v) is 9.37. The van der Waals surface area contributed by atoms with Gasteiger partial charge in [-0.15, -0.1) is 18.3 Å². The fourth-order valence-electron chi connectivity index (χ4n) is 3.95. The van der Waals surface area contributed by atoms with Gasteiger partial charge < -0.3 is 9.47 Å². The number of aromatic nitrogens is 3. The van der Waals surface area contributed by atoms with Gasteiger partial charge in [0, 0.05) is 23.9 Å². The Labute approximate surface area is 205 Å². The number of carbonyl (C=O) groups excluding carboxylic acids is 2. The van der Waals surface area contributed by atoms with Crippen molar-refractivity contribution < 1.29 is 32.2 Å². The van der Waals surface area contributed by atoms with E-state index in [4.69, 9.17) is 4.74 Å². The van der Waals surface area contributed by atoms with E-state index in [-0.39, 0.29) is 17.3 Å². The minimum atomic E-state index is -4.84. The van der Waals surface area contributed by atoms with Crippen LogP contribution in [0.25, 0.3) is 16.8 Å². The zero-order valence-electron chi connectivity index (χ0n) is 20.0. The molecular weight excluding hydrogens is 479 g/mol. The third-order valence-corrected chi connectivity index (χ3v) is 5.42. The van der Waals surface area contributed by atoms with Gasteiger partial charge in [-0.2, -0.15) is 4.98 Å². The number of halogens is 3. The Morgan fingerprint density at radius 2 is 1.83 bits per heavy atom. The van der Waals surface area contributed by atoms with Crippen molar-refractivity contribution >= 4 is 23.6 Å². The van der Waals surface area contributed by atoms with E-state index in [9.17, 15) is 22.8 Å². The van der Waals surface area contributed by atoms with E-state index in [0.717, 1.165) is 12.8 Å². The average molecular weight is 505 g/mol. The van der Waals surface area contributed by atoms with Crippen molar-refractivity contribution in [2.75, 3.05) is 11.9 Å². The summed E-state index contributed by atoms with van der Waals surface area (Å²) in [5, 5.41) is 6.89. The molecule has 2 amide bonds. The van der Waals surface area contributed by atoms with E-state index < -0.39 is 30.0 Å². The molecule has 1 N–H and O–H groups in total. The molecule has 1 aliphatic rings. The molecule has 1 atom stereocenters. The molecule has 192 valence electrons. The van der Waals surface area contributed by atoms with Crippen molar-refractivity contribution in [1.29, 1.82) is 0 Å². The van der Waals surface area contributed by atoms with Crippen molar-refractivity contribution in [3.05, 3.63) is 42.6 Å². The number of fused-ring (bicyclic) bond motifs is 1. The highest BCUT2D eigenvalue weighted by Crippen LogP contribution is 2.33. The van der Waals surface area contributed by atoms with E-state index in [1.165, 1.54) is 33.8 Å². The number of carbonyl (C=O) groups is 2. The lowest BCUT2D eigenvalue weighted by Crippen LogP contribution is -2.51. The highest BCUT2D eigenvalue weighted by atomic mass is 19.4. The number of benzene rings is 1. The molecule has 3 heterocycles. The number of para-hydroxylation sites is 1. The minimum Gasteiger partial charge on any atom is -0.444 e. The second kappa shape index (κ2) is 9.67. The van der Waals surface area contributed by atoms with Crippen LogP contribution in [0.5, 0.6) is 5.75 Å². The molecular formula is C24H26F3N5O4. The summed E-state index contributed by atoms with van der Waals surface area (Å²) in [6.45, 7) is 5.67. The van der Waals surface area contributed by atoms with Gasteiger partial charge in [0.1, 0.15) is 17.4 Å². The lowest BCUT2D eigenvalue weighted by Gasteiger charge is -2.35. The molecule has 1 fully saturated rings. The number of rotatable bonds is 4. The molecule has 0 radical (unpaired) electrons. The third-order valence-electron chi connectivity index (χ3n) is 5.42. The predicted molar refractivity (Wildman–Crippen MR) is 124 cm³/mol. The number of amides is 2. The van der Waals surface area contributed by atoms with Crippen LogP contribution in [0.1, 0.15) is 40.0 Å².